The first-order valence-electron chi connectivity index (χ1n) is 6.36. The highest BCUT2D eigenvalue weighted by atomic mass is 16.4. The number of carbonyl (C=O) groups excluding carboxylic acids is 1. The molecule has 0 aliphatic rings. The van der Waals surface area contributed by atoms with Gasteiger partial charge >= 0.3 is 5.97 Å². The van der Waals surface area contributed by atoms with Gasteiger partial charge < -0.3 is 10.4 Å². The van der Waals surface area contributed by atoms with Crippen molar-refractivity contribution in [1.29, 1.82) is 0 Å². The Morgan fingerprint density at radius 1 is 1.24 bits per heavy atom. The maximum Gasteiger partial charge on any atom is 0.326 e. The van der Waals surface area contributed by atoms with Crippen LogP contribution in [0.4, 0.5) is 0 Å². The Morgan fingerprint density at radius 3 is 2.38 bits per heavy atom. The minimum atomic E-state index is -1.05. The van der Waals surface area contributed by atoms with E-state index in [0.29, 0.717) is 11.3 Å². The molecule has 2 rings (SSSR count). The molecular weight excluding hydrogens is 274 g/mol. The maximum absolute atomic E-state index is 12.0. The molecule has 0 bridgehead atoms. The summed E-state index contributed by atoms with van der Waals surface area (Å²) in [5.41, 5.74) is 1.08. The highest BCUT2D eigenvalue weighted by molar-refractivity contribution is 5.96. The average Bonchev–Trinajstić information content (AvgIpc) is 2.98. The Morgan fingerprint density at radius 2 is 1.90 bits per heavy atom. The zero-order chi connectivity index (χ0) is 15.4. The number of hydrogen-bond acceptors (Lipinski definition) is 5. The summed E-state index contributed by atoms with van der Waals surface area (Å²) in [6, 6.07) is 5.61. The molecule has 1 aromatic carbocycles. The maximum atomic E-state index is 12.0. The van der Waals surface area contributed by atoms with E-state index in [1.807, 2.05) is 0 Å². The second-order valence-electron chi connectivity index (χ2n) is 4.83. The predicted octanol–water partition coefficient (Wildman–Crippen LogP) is 0.501. The molecule has 21 heavy (non-hydrogen) atoms. The summed E-state index contributed by atoms with van der Waals surface area (Å²) < 4.78 is 1.45. The monoisotopic (exact) mass is 289 g/mol. The van der Waals surface area contributed by atoms with Crippen LogP contribution in [0.5, 0.6) is 0 Å². The van der Waals surface area contributed by atoms with Crippen LogP contribution in [0.25, 0.3) is 5.69 Å². The van der Waals surface area contributed by atoms with Crippen molar-refractivity contribution in [3.05, 3.63) is 36.2 Å². The number of aliphatic carboxylic acids is 1. The molecule has 8 heteroatoms. The largest absolute Gasteiger partial charge is 0.480 e. The second kappa shape index (κ2) is 6.12. The van der Waals surface area contributed by atoms with Crippen molar-refractivity contribution in [1.82, 2.24) is 25.5 Å². The van der Waals surface area contributed by atoms with Crippen molar-refractivity contribution in [2.75, 3.05) is 0 Å². The molecule has 2 N–H and O–H groups in total. The third-order valence-electron chi connectivity index (χ3n) is 2.96. The Hall–Kier alpha value is -2.77. The summed E-state index contributed by atoms with van der Waals surface area (Å²) in [5, 5.41) is 22.3. The third-order valence-corrected chi connectivity index (χ3v) is 2.96. The topological polar surface area (TPSA) is 110 Å². The number of carboxylic acids is 1. The lowest BCUT2D eigenvalue weighted by molar-refractivity contribution is -0.140. The number of benzene rings is 1. The Labute approximate surface area is 120 Å². The van der Waals surface area contributed by atoms with E-state index < -0.39 is 17.9 Å². The van der Waals surface area contributed by atoms with Crippen molar-refractivity contribution in [3.8, 4) is 5.69 Å². The van der Waals surface area contributed by atoms with E-state index in [-0.39, 0.29) is 5.92 Å². The number of nitrogens with one attached hydrogen (secondary N) is 1. The molecule has 0 saturated carbocycles. The van der Waals surface area contributed by atoms with Crippen molar-refractivity contribution >= 4 is 11.9 Å². The van der Waals surface area contributed by atoms with E-state index in [1.54, 1.807) is 38.1 Å². The van der Waals surface area contributed by atoms with Crippen molar-refractivity contribution < 1.29 is 14.7 Å². The lowest BCUT2D eigenvalue weighted by Crippen LogP contribution is -2.44. The Bertz CT molecular complexity index is 622. The smallest absolute Gasteiger partial charge is 0.326 e. The lowest BCUT2D eigenvalue weighted by atomic mass is 10.0. The first-order chi connectivity index (χ1) is 9.99. The van der Waals surface area contributed by atoms with E-state index in [9.17, 15) is 9.59 Å². The molecule has 110 valence electrons. The summed E-state index contributed by atoms with van der Waals surface area (Å²) in [5.74, 6) is -1.69. The average molecular weight is 289 g/mol. The number of nitrogens with zero attached hydrogens (tertiary/aromatic N) is 4. The van der Waals surface area contributed by atoms with Crippen LogP contribution in [0.3, 0.4) is 0 Å². The summed E-state index contributed by atoms with van der Waals surface area (Å²) in [6.45, 7) is 3.47. The Balaban J connectivity index is 2.11. The SMILES string of the molecule is CC(C)[C@@H](NC(=O)c1ccc(-n2cnnn2)cc1)C(=O)O. The minimum absolute atomic E-state index is 0.202. The number of amides is 1. The van der Waals surface area contributed by atoms with Gasteiger partial charge in [0.05, 0.1) is 5.69 Å². The van der Waals surface area contributed by atoms with E-state index in [4.69, 9.17) is 5.11 Å². The molecule has 8 nitrogen and oxygen atoms in total. The quantitative estimate of drug-likeness (QED) is 0.829. The number of hydrogen-bond donors (Lipinski definition) is 2. The van der Waals surface area contributed by atoms with Crippen LogP contribution in [-0.2, 0) is 4.79 Å². The number of aromatic nitrogens is 4. The second-order valence-corrected chi connectivity index (χ2v) is 4.83. The predicted molar refractivity (Wildman–Crippen MR) is 72.9 cm³/mol. The molecular formula is C13H15N5O3. The number of rotatable bonds is 5. The molecule has 0 aliphatic heterocycles. The van der Waals surface area contributed by atoms with Crippen LogP contribution in [0, 0.1) is 5.92 Å². The molecule has 0 aliphatic carbocycles. The van der Waals surface area contributed by atoms with Gasteiger partial charge in [-0.2, -0.15) is 0 Å². The number of tetrazole rings is 1. The van der Waals surface area contributed by atoms with Crippen LogP contribution in [0.2, 0.25) is 0 Å². The molecule has 0 fully saturated rings. The lowest BCUT2D eigenvalue weighted by Gasteiger charge is -2.17. The van der Waals surface area contributed by atoms with Gasteiger partial charge in [-0.05, 0) is 40.6 Å². The first-order valence-corrected chi connectivity index (χ1v) is 6.36. The van der Waals surface area contributed by atoms with Crippen LogP contribution >= 0.6 is 0 Å². The molecule has 0 spiro atoms. The normalized spacial score (nSPS) is 12.1. The zero-order valence-electron chi connectivity index (χ0n) is 11.6. The van der Waals surface area contributed by atoms with Gasteiger partial charge in [0.1, 0.15) is 12.4 Å². The fourth-order valence-corrected chi connectivity index (χ4v) is 1.78. The highest BCUT2D eigenvalue weighted by Gasteiger charge is 2.23. The van der Waals surface area contributed by atoms with Gasteiger partial charge in [0.25, 0.3) is 5.91 Å². The van der Waals surface area contributed by atoms with Gasteiger partial charge in [0.15, 0.2) is 0 Å². The third kappa shape index (κ3) is 3.41. The molecule has 1 aromatic heterocycles. The van der Waals surface area contributed by atoms with Gasteiger partial charge in [-0.1, -0.05) is 13.8 Å². The molecule has 2 aromatic rings. The first kappa shape index (κ1) is 14.6. The van der Waals surface area contributed by atoms with Crippen molar-refractivity contribution in [3.63, 3.8) is 0 Å². The fraction of sp³-hybridized carbons (Fsp3) is 0.308. The standard InChI is InChI=1S/C13H15N5O3/c1-8(2)11(13(20)21)15-12(19)9-3-5-10(6-4-9)18-7-14-16-17-18/h3-8,11H,1-2H3,(H,15,19)(H,20,21)/t11-/m1/s1. The summed E-state index contributed by atoms with van der Waals surface area (Å²) in [6.07, 6.45) is 1.44. The molecule has 1 amide bonds. The van der Waals surface area contributed by atoms with Crippen molar-refractivity contribution in [2.24, 2.45) is 5.92 Å². The highest BCUT2D eigenvalue weighted by Crippen LogP contribution is 2.09. The van der Waals surface area contributed by atoms with Crippen LogP contribution in [0.1, 0.15) is 24.2 Å². The van der Waals surface area contributed by atoms with Gasteiger partial charge in [-0.25, -0.2) is 9.48 Å². The zero-order valence-corrected chi connectivity index (χ0v) is 11.6. The van der Waals surface area contributed by atoms with Gasteiger partial charge in [0.2, 0.25) is 0 Å². The summed E-state index contributed by atoms with van der Waals surface area (Å²) in [7, 11) is 0. The van der Waals surface area contributed by atoms with Crippen molar-refractivity contribution in [2.45, 2.75) is 19.9 Å². The molecule has 0 radical (unpaired) electrons. The Kier molecular flexibility index (Phi) is 4.27. The van der Waals surface area contributed by atoms with Crippen LogP contribution in [-0.4, -0.2) is 43.2 Å². The van der Waals surface area contributed by atoms with E-state index in [1.165, 1.54) is 11.0 Å². The number of carbonyl (C=O) groups is 2. The van der Waals surface area contributed by atoms with Gasteiger partial charge in [0, 0.05) is 5.56 Å². The van der Waals surface area contributed by atoms with E-state index in [2.05, 4.69) is 20.8 Å². The number of carboxylic acid groups (broad SMARTS) is 1. The molecule has 1 atom stereocenters. The van der Waals surface area contributed by atoms with E-state index in [0.717, 1.165) is 0 Å². The fourth-order valence-electron chi connectivity index (χ4n) is 1.78. The summed E-state index contributed by atoms with van der Waals surface area (Å²) in [4.78, 5) is 23.1. The van der Waals surface area contributed by atoms with Crippen LogP contribution < -0.4 is 5.32 Å². The van der Waals surface area contributed by atoms with Gasteiger partial charge in [-0.15, -0.1) is 5.10 Å². The summed E-state index contributed by atoms with van der Waals surface area (Å²) >= 11 is 0. The van der Waals surface area contributed by atoms with Crippen LogP contribution in [0.15, 0.2) is 30.6 Å². The molecule has 0 saturated heterocycles. The van der Waals surface area contributed by atoms with Gasteiger partial charge in [-0.3, -0.25) is 4.79 Å². The minimum Gasteiger partial charge on any atom is -0.480 e. The molecule has 1 heterocycles. The molecule has 0 unspecified atom stereocenters. The van der Waals surface area contributed by atoms with E-state index >= 15 is 0 Å².